The molecule has 102 heavy (non-hydrogen) atoms. The van der Waals surface area contributed by atoms with Crippen LogP contribution in [-0.4, -0.2) is 184 Å². The van der Waals surface area contributed by atoms with Crippen molar-refractivity contribution in [2.45, 2.75) is 150 Å². The Labute approximate surface area is 611 Å². The maximum absolute atomic E-state index is 14.6. The summed E-state index contributed by atoms with van der Waals surface area (Å²) in [5.74, 6) is -1.90. The molecule has 0 saturated carbocycles. The molecule has 1 aromatic heterocycles. The Hall–Kier alpha value is -6.88. The van der Waals surface area contributed by atoms with Gasteiger partial charge in [-0.15, -0.1) is 23.1 Å². The standard InChI is InChI=1S/C75H94ClF3N10O9S4/c1-50(52-16-18-54(19-17-52)68-51(2)80-49-100-68)81-71(93)65-43-60(90)47-89(65)72(94)69(73(3,4)5)83-67(91)15-11-12-33-85-35-37-86(38-36-85)34-31-58(48-99-61-13-9-8-10-14-61)82-64-29-28-62(44-66(64)101(95,96)75(77,78)79)102(97,98)84-70(92)55-22-26-59(27-23-55)88-41-39-87(40-42-88)46-56-45-74(6,7)32-30-63(56)53-20-24-57(76)25-21-53/h8-10,13-14,16-29,44,49-50,58,60,65,69,82,90H,11-12,15,30-43,45-48H2,1-7H3,(H,81,93)(H,83,91)(H,84,92). The Bertz CT molecular complexity index is 4170. The number of aliphatic hydroxyl groups excluding tert-OH is 1. The molecule has 10 rings (SSSR count). The van der Waals surface area contributed by atoms with Crippen LogP contribution in [0.15, 0.2) is 147 Å². The zero-order valence-electron chi connectivity index (χ0n) is 58.9. The quantitative estimate of drug-likeness (QED) is 0.0238. The number of carbonyl (C=O) groups is 4. The number of likely N-dealkylation sites (tertiary alicyclic amines) is 1. The Morgan fingerprint density at radius 3 is 2.08 bits per heavy atom. The smallest absolute Gasteiger partial charge is 0.391 e. The van der Waals surface area contributed by atoms with E-state index >= 15 is 0 Å². The number of anilines is 2. The molecule has 6 aromatic rings. The maximum Gasteiger partial charge on any atom is 0.501 e. The molecule has 4 heterocycles. The van der Waals surface area contributed by atoms with Gasteiger partial charge in [0, 0.05) is 118 Å². The third kappa shape index (κ3) is 20.1. The number of unbranched alkanes of at least 4 members (excludes halogenated alkanes) is 1. The predicted molar refractivity (Wildman–Crippen MR) is 398 cm³/mol. The number of halogens is 4. The number of β-amino-alcohol motifs (C(OH)–C–C–N with tert-alkyl or cyclic N) is 1. The Morgan fingerprint density at radius 2 is 1.44 bits per heavy atom. The average Bonchev–Trinajstić information content (AvgIpc) is 0.935. The molecule has 5 unspecified atom stereocenters. The molecule has 5 aromatic carbocycles. The molecule has 4 aliphatic rings. The number of aliphatic hydroxyl groups is 1. The first-order chi connectivity index (χ1) is 48.3. The monoisotopic (exact) mass is 1500 g/mol. The number of allylic oxidation sites excluding steroid dienone is 1. The van der Waals surface area contributed by atoms with E-state index in [4.69, 9.17) is 11.6 Å². The number of alkyl halides is 3. The van der Waals surface area contributed by atoms with Crippen molar-refractivity contribution < 1.29 is 54.3 Å². The molecule has 3 saturated heterocycles. The number of benzene rings is 5. The summed E-state index contributed by atoms with van der Waals surface area (Å²) < 4.78 is 100. The number of hydrogen-bond acceptors (Lipinski definition) is 17. The highest BCUT2D eigenvalue weighted by Crippen LogP contribution is 2.44. The summed E-state index contributed by atoms with van der Waals surface area (Å²) in [4.78, 5) is 70.0. The molecule has 5 atom stereocenters. The Morgan fingerprint density at radius 1 is 0.794 bits per heavy atom. The van der Waals surface area contributed by atoms with E-state index in [0.717, 1.165) is 83.3 Å². The number of amides is 4. The topological polar surface area (TPSA) is 234 Å². The highest BCUT2D eigenvalue weighted by atomic mass is 35.5. The van der Waals surface area contributed by atoms with E-state index in [0.29, 0.717) is 88.5 Å². The molecule has 550 valence electrons. The fourth-order valence-corrected chi connectivity index (χ4v) is 17.7. The maximum atomic E-state index is 14.6. The van der Waals surface area contributed by atoms with Crippen LogP contribution in [0.5, 0.6) is 0 Å². The number of nitrogens with zero attached hydrogens (tertiary/aromatic N) is 6. The highest BCUT2D eigenvalue weighted by molar-refractivity contribution is 7.99. The van der Waals surface area contributed by atoms with E-state index in [1.165, 1.54) is 45.5 Å². The lowest BCUT2D eigenvalue weighted by Gasteiger charge is -2.39. The summed E-state index contributed by atoms with van der Waals surface area (Å²) in [6.45, 7) is 21.6. The molecule has 19 nitrogen and oxygen atoms in total. The van der Waals surface area contributed by atoms with Crippen LogP contribution in [0, 0.1) is 17.8 Å². The first-order valence-corrected chi connectivity index (χ1v) is 40.1. The summed E-state index contributed by atoms with van der Waals surface area (Å²) in [5, 5.41) is 20.5. The van der Waals surface area contributed by atoms with Gasteiger partial charge in [0.25, 0.3) is 25.8 Å². The van der Waals surface area contributed by atoms with Gasteiger partial charge in [-0.1, -0.05) is 106 Å². The summed E-state index contributed by atoms with van der Waals surface area (Å²) in [6, 6.07) is 31.1. The van der Waals surface area contributed by atoms with Gasteiger partial charge in [0.1, 0.15) is 17.0 Å². The number of carbonyl (C=O) groups excluding carboxylic acids is 4. The third-order valence-corrected chi connectivity index (χ3v) is 25.0. The van der Waals surface area contributed by atoms with E-state index in [-0.39, 0.29) is 42.3 Å². The minimum Gasteiger partial charge on any atom is -0.391 e. The van der Waals surface area contributed by atoms with E-state index in [9.17, 15) is 54.3 Å². The molecule has 0 radical (unpaired) electrons. The average molecular weight is 1500 g/mol. The first-order valence-electron chi connectivity index (χ1n) is 34.9. The molecule has 3 aliphatic heterocycles. The molecular weight excluding hydrogens is 1410 g/mol. The lowest BCUT2D eigenvalue weighted by molar-refractivity contribution is -0.144. The molecule has 5 N–H and O–H groups in total. The van der Waals surface area contributed by atoms with Crippen LogP contribution in [0.25, 0.3) is 16.0 Å². The molecule has 3 fully saturated rings. The van der Waals surface area contributed by atoms with Gasteiger partial charge in [-0.25, -0.2) is 26.5 Å². The fourth-order valence-electron chi connectivity index (χ4n) is 13.8. The number of piperazine rings is 2. The number of nitrogens with one attached hydrogen (secondary N) is 4. The minimum absolute atomic E-state index is 0.0311. The van der Waals surface area contributed by atoms with Crippen molar-refractivity contribution in [2.24, 2.45) is 10.8 Å². The largest absolute Gasteiger partial charge is 0.501 e. The van der Waals surface area contributed by atoms with Crippen LogP contribution in [0.1, 0.15) is 126 Å². The number of sulfone groups is 1. The number of hydrogen-bond donors (Lipinski definition) is 5. The summed E-state index contributed by atoms with van der Waals surface area (Å²) in [7, 11) is -11.1. The fraction of sp³-hybridized carbons (Fsp3) is 0.480. The predicted octanol–water partition coefficient (Wildman–Crippen LogP) is 12.1. The van der Waals surface area contributed by atoms with Gasteiger partial charge in [-0.2, -0.15) is 13.2 Å². The van der Waals surface area contributed by atoms with Gasteiger partial charge < -0.3 is 40.7 Å². The number of aryl methyl sites for hydroxylation is 1. The zero-order valence-corrected chi connectivity index (χ0v) is 62.9. The highest BCUT2D eigenvalue weighted by Gasteiger charge is 2.49. The van der Waals surface area contributed by atoms with Crippen LogP contribution in [0.2, 0.25) is 5.02 Å². The van der Waals surface area contributed by atoms with E-state index < -0.39 is 88.2 Å². The van der Waals surface area contributed by atoms with E-state index in [1.807, 2.05) is 106 Å². The number of thioether (sulfide) groups is 1. The lowest BCUT2D eigenvalue weighted by atomic mass is 9.73. The van der Waals surface area contributed by atoms with Crippen molar-refractivity contribution in [3.8, 4) is 10.4 Å². The van der Waals surface area contributed by atoms with Crippen molar-refractivity contribution >= 4 is 95.1 Å². The second-order valence-electron chi connectivity index (χ2n) is 29.1. The van der Waals surface area contributed by atoms with Gasteiger partial charge in [0.2, 0.25) is 17.7 Å². The van der Waals surface area contributed by atoms with Crippen LogP contribution in [0.4, 0.5) is 24.5 Å². The van der Waals surface area contributed by atoms with Crippen molar-refractivity contribution in [1.29, 1.82) is 0 Å². The van der Waals surface area contributed by atoms with Crippen molar-refractivity contribution in [2.75, 3.05) is 94.5 Å². The van der Waals surface area contributed by atoms with Crippen molar-refractivity contribution in [3.63, 3.8) is 0 Å². The molecular formula is C75H94ClF3N10O9S4. The Balaban J connectivity index is 0.704. The second-order valence-corrected chi connectivity index (χ2v) is 35.0. The van der Waals surface area contributed by atoms with Gasteiger partial charge in [-0.3, -0.25) is 24.1 Å². The summed E-state index contributed by atoms with van der Waals surface area (Å²) in [5.41, 5.74) is 2.64. The van der Waals surface area contributed by atoms with Crippen molar-refractivity contribution in [3.05, 3.63) is 160 Å². The molecule has 1 aliphatic carbocycles. The van der Waals surface area contributed by atoms with Crippen LogP contribution in [-0.2, 0) is 34.2 Å². The van der Waals surface area contributed by atoms with Gasteiger partial charge in [0.05, 0.1) is 38.8 Å². The van der Waals surface area contributed by atoms with Crippen LogP contribution in [0.3, 0.4) is 0 Å². The number of sulfonamides is 1. The second kappa shape index (κ2) is 33.5. The first kappa shape index (κ1) is 77.7. The summed E-state index contributed by atoms with van der Waals surface area (Å²) in [6.07, 6.45) is 3.98. The molecule has 0 spiro atoms. The molecule has 4 amide bonds. The number of thiazole rings is 1. The van der Waals surface area contributed by atoms with Crippen LogP contribution < -0.4 is 25.6 Å². The van der Waals surface area contributed by atoms with Gasteiger partial charge >= 0.3 is 5.51 Å². The van der Waals surface area contributed by atoms with Gasteiger partial charge in [-0.05, 0) is 159 Å². The minimum atomic E-state index is -6.16. The summed E-state index contributed by atoms with van der Waals surface area (Å²) >= 11 is 9.20. The van der Waals surface area contributed by atoms with Crippen LogP contribution >= 0.6 is 34.7 Å². The lowest BCUT2D eigenvalue weighted by Crippen LogP contribution is -2.57. The molecule has 27 heteroatoms. The van der Waals surface area contributed by atoms with Gasteiger partial charge in [0.15, 0.2) is 0 Å². The van der Waals surface area contributed by atoms with Crippen molar-refractivity contribution in [1.82, 2.24) is 39.9 Å². The third-order valence-electron chi connectivity index (χ3n) is 19.7. The molecule has 0 bridgehead atoms. The normalized spacial score (nSPS) is 19.1. The van der Waals surface area contributed by atoms with E-state index in [1.54, 1.807) is 29.0 Å². The SMILES string of the molecule is Cc1ncsc1-c1ccc(C(C)NC(=O)C2CC(O)CN2C(=O)C(NC(=O)CCCCN2CCN(CCC(CSc3ccccc3)Nc3ccc(S(=O)(=O)NC(=O)c4ccc(N5CCN(CC6=C(c7ccc(Cl)cc7)CCC(C)(C)C6)CC5)cc4)cc3S(=O)(=O)C(F)(F)F)CC2)C(C)(C)C)cc1. The zero-order chi connectivity index (χ0) is 73.3. The Kier molecular flexibility index (Phi) is 25.5. The number of rotatable bonds is 27. The number of aromatic nitrogens is 1. The van der Waals surface area contributed by atoms with E-state index in [2.05, 4.69) is 66.5 Å².